The SMILES string of the molecule is C=C(C)Sc1c(C(=C)N)c(C)n(C(C)C)c1C. The van der Waals surface area contributed by atoms with E-state index in [2.05, 4.69) is 45.4 Å². The Balaban J connectivity index is 3.50. The van der Waals surface area contributed by atoms with Crippen molar-refractivity contribution in [1.82, 2.24) is 4.57 Å². The van der Waals surface area contributed by atoms with Gasteiger partial charge in [-0.25, -0.2) is 0 Å². The standard InChI is InChI=1S/C14H22N2S/c1-8(2)16-11(6)13(10(5)15)14(12(16)7)17-9(3)4/h8H,3,5,15H2,1-2,4,6-7H3. The van der Waals surface area contributed by atoms with Gasteiger partial charge in [0, 0.05) is 33.6 Å². The van der Waals surface area contributed by atoms with Gasteiger partial charge in [-0.3, -0.25) is 0 Å². The van der Waals surface area contributed by atoms with Crippen LogP contribution in [0.25, 0.3) is 5.70 Å². The molecule has 1 rings (SSSR count). The van der Waals surface area contributed by atoms with E-state index >= 15 is 0 Å². The lowest BCUT2D eigenvalue weighted by Gasteiger charge is -2.13. The first kappa shape index (κ1) is 14.0. The molecule has 17 heavy (non-hydrogen) atoms. The first-order valence-corrected chi connectivity index (χ1v) is 6.58. The highest BCUT2D eigenvalue weighted by atomic mass is 32.2. The lowest BCUT2D eigenvalue weighted by molar-refractivity contribution is 0.571. The molecule has 1 aromatic heterocycles. The average molecular weight is 250 g/mol. The van der Waals surface area contributed by atoms with Crippen molar-refractivity contribution in [2.24, 2.45) is 5.73 Å². The van der Waals surface area contributed by atoms with Crippen LogP contribution in [0.2, 0.25) is 0 Å². The maximum absolute atomic E-state index is 5.92. The van der Waals surface area contributed by atoms with E-state index in [1.54, 1.807) is 11.8 Å². The van der Waals surface area contributed by atoms with Crippen molar-refractivity contribution in [3.8, 4) is 0 Å². The number of thioether (sulfide) groups is 1. The largest absolute Gasteiger partial charge is 0.399 e. The Bertz CT molecular complexity index is 467. The molecule has 2 N–H and O–H groups in total. The van der Waals surface area contributed by atoms with Gasteiger partial charge < -0.3 is 10.3 Å². The predicted molar refractivity (Wildman–Crippen MR) is 78.2 cm³/mol. The molecule has 0 aliphatic carbocycles. The summed E-state index contributed by atoms with van der Waals surface area (Å²) >= 11 is 1.68. The number of nitrogens with zero attached hydrogens (tertiary/aromatic N) is 1. The summed E-state index contributed by atoms with van der Waals surface area (Å²) in [6.45, 7) is 18.4. The van der Waals surface area contributed by atoms with Crippen molar-refractivity contribution in [2.75, 3.05) is 0 Å². The molecule has 1 aromatic rings. The molecule has 3 heteroatoms. The molecule has 0 saturated carbocycles. The van der Waals surface area contributed by atoms with Crippen LogP contribution >= 0.6 is 11.8 Å². The zero-order valence-electron chi connectivity index (χ0n) is 11.4. The summed E-state index contributed by atoms with van der Waals surface area (Å²) < 4.78 is 2.30. The number of hydrogen-bond donors (Lipinski definition) is 1. The molecule has 0 bridgehead atoms. The van der Waals surface area contributed by atoms with E-state index < -0.39 is 0 Å². The molecule has 94 valence electrons. The fourth-order valence-corrected chi connectivity index (χ4v) is 3.25. The van der Waals surface area contributed by atoms with Crippen LogP contribution in [0, 0.1) is 13.8 Å². The lowest BCUT2D eigenvalue weighted by atomic mass is 10.2. The van der Waals surface area contributed by atoms with Crippen molar-refractivity contribution in [2.45, 2.75) is 45.6 Å². The lowest BCUT2D eigenvalue weighted by Crippen LogP contribution is -2.05. The van der Waals surface area contributed by atoms with Gasteiger partial charge >= 0.3 is 0 Å². The fraction of sp³-hybridized carbons (Fsp3) is 0.429. The molecule has 0 radical (unpaired) electrons. The minimum atomic E-state index is 0.424. The minimum Gasteiger partial charge on any atom is -0.399 e. The Kier molecular flexibility index (Phi) is 4.15. The Labute approximate surface area is 109 Å². The van der Waals surface area contributed by atoms with Gasteiger partial charge in [-0.15, -0.1) is 0 Å². The van der Waals surface area contributed by atoms with E-state index in [0.29, 0.717) is 11.7 Å². The Morgan fingerprint density at radius 1 is 1.24 bits per heavy atom. The summed E-state index contributed by atoms with van der Waals surface area (Å²) in [7, 11) is 0. The monoisotopic (exact) mass is 250 g/mol. The average Bonchev–Trinajstić information content (AvgIpc) is 2.37. The van der Waals surface area contributed by atoms with Crippen LogP contribution in [0.5, 0.6) is 0 Å². The Morgan fingerprint density at radius 3 is 2.12 bits per heavy atom. The highest BCUT2D eigenvalue weighted by Crippen LogP contribution is 2.38. The maximum Gasteiger partial charge on any atom is 0.0421 e. The summed E-state index contributed by atoms with van der Waals surface area (Å²) in [5.41, 5.74) is 10.1. The maximum atomic E-state index is 5.92. The zero-order valence-corrected chi connectivity index (χ0v) is 12.2. The number of allylic oxidation sites excluding steroid dienone is 1. The summed E-state index contributed by atoms with van der Waals surface area (Å²) in [5, 5.41) is 0. The third-order valence-corrected chi connectivity index (χ3v) is 3.81. The van der Waals surface area contributed by atoms with Crippen LogP contribution in [-0.4, -0.2) is 4.57 Å². The highest BCUT2D eigenvalue weighted by molar-refractivity contribution is 8.03. The molecule has 0 spiro atoms. The van der Waals surface area contributed by atoms with Crippen molar-refractivity contribution in [3.05, 3.63) is 35.0 Å². The molecule has 2 nitrogen and oxygen atoms in total. The zero-order chi connectivity index (χ0) is 13.3. The smallest absolute Gasteiger partial charge is 0.0421 e. The quantitative estimate of drug-likeness (QED) is 0.810. The van der Waals surface area contributed by atoms with Crippen LogP contribution in [-0.2, 0) is 0 Å². The van der Waals surface area contributed by atoms with Gasteiger partial charge in [0.2, 0.25) is 0 Å². The molecule has 0 fully saturated rings. The van der Waals surface area contributed by atoms with Gasteiger partial charge in [0.05, 0.1) is 0 Å². The van der Waals surface area contributed by atoms with Crippen molar-refractivity contribution in [3.63, 3.8) is 0 Å². The summed E-state index contributed by atoms with van der Waals surface area (Å²) in [6, 6.07) is 0.424. The molecule has 0 aromatic carbocycles. The first-order valence-electron chi connectivity index (χ1n) is 5.76. The predicted octanol–water partition coefficient (Wildman–Crippen LogP) is 4.24. The number of hydrogen-bond acceptors (Lipinski definition) is 2. The third-order valence-electron chi connectivity index (χ3n) is 2.75. The first-order chi connectivity index (χ1) is 7.77. The van der Waals surface area contributed by atoms with Crippen molar-refractivity contribution < 1.29 is 0 Å². The van der Waals surface area contributed by atoms with E-state index in [1.807, 2.05) is 6.92 Å². The van der Waals surface area contributed by atoms with Crippen LogP contribution in [0.3, 0.4) is 0 Å². The molecule has 0 unspecified atom stereocenters. The van der Waals surface area contributed by atoms with Gasteiger partial charge in [-0.2, -0.15) is 0 Å². The van der Waals surface area contributed by atoms with Crippen LogP contribution < -0.4 is 5.73 Å². The second-order valence-corrected chi connectivity index (χ2v) is 5.98. The van der Waals surface area contributed by atoms with Crippen molar-refractivity contribution in [1.29, 1.82) is 0 Å². The number of aromatic nitrogens is 1. The third kappa shape index (κ3) is 2.60. The van der Waals surface area contributed by atoms with Gasteiger partial charge in [0.25, 0.3) is 0 Å². The number of rotatable bonds is 4. The summed E-state index contributed by atoms with van der Waals surface area (Å²) in [4.78, 5) is 2.26. The molecule has 1 heterocycles. The van der Waals surface area contributed by atoms with Crippen LogP contribution in [0.15, 0.2) is 23.0 Å². The molecule has 0 amide bonds. The van der Waals surface area contributed by atoms with E-state index in [4.69, 9.17) is 5.73 Å². The summed E-state index contributed by atoms with van der Waals surface area (Å²) in [6.07, 6.45) is 0. The number of nitrogens with two attached hydrogens (primary N) is 1. The Morgan fingerprint density at radius 2 is 1.76 bits per heavy atom. The van der Waals surface area contributed by atoms with Gasteiger partial charge in [-0.1, -0.05) is 24.9 Å². The highest BCUT2D eigenvalue weighted by Gasteiger charge is 2.20. The van der Waals surface area contributed by atoms with E-state index in [9.17, 15) is 0 Å². The molecule has 0 aliphatic rings. The molecule has 0 aliphatic heterocycles. The van der Waals surface area contributed by atoms with Gasteiger partial charge in [-0.05, 0) is 39.5 Å². The topological polar surface area (TPSA) is 30.9 Å². The van der Waals surface area contributed by atoms with Crippen LogP contribution in [0.4, 0.5) is 0 Å². The van der Waals surface area contributed by atoms with Crippen molar-refractivity contribution >= 4 is 17.5 Å². The van der Waals surface area contributed by atoms with Gasteiger partial charge in [0.15, 0.2) is 0 Å². The molecule has 0 atom stereocenters. The second kappa shape index (κ2) is 5.05. The summed E-state index contributed by atoms with van der Waals surface area (Å²) in [5.74, 6) is 0. The Hall–Kier alpha value is -1.09. The van der Waals surface area contributed by atoms with E-state index in [0.717, 1.165) is 10.5 Å². The normalized spacial score (nSPS) is 10.9. The molecular weight excluding hydrogens is 228 g/mol. The molecular formula is C14H22N2S. The second-order valence-electron chi connectivity index (χ2n) is 4.67. The van der Waals surface area contributed by atoms with Crippen LogP contribution in [0.1, 0.15) is 43.8 Å². The van der Waals surface area contributed by atoms with Gasteiger partial charge in [0.1, 0.15) is 0 Å². The van der Waals surface area contributed by atoms with E-state index in [-0.39, 0.29) is 0 Å². The minimum absolute atomic E-state index is 0.424. The fourth-order valence-electron chi connectivity index (χ4n) is 2.28. The molecule has 0 saturated heterocycles. The van der Waals surface area contributed by atoms with E-state index in [1.165, 1.54) is 16.3 Å².